The maximum Gasteiger partial charge on any atom is 0.270 e. The molecule has 1 amide bonds. The van der Waals surface area contributed by atoms with Crippen LogP contribution in [0.3, 0.4) is 0 Å². The summed E-state index contributed by atoms with van der Waals surface area (Å²) in [4.78, 5) is 14.5. The summed E-state index contributed by atoms with van der Waals surface area (Å²) < 4.78 is 2.21. The molecule has 0 atom stereocenters. The van der Waals surface area contributed by atoms with Crippen LogP contribution >= 0.6 is 0 Å². The molecule has 0 N–H and O–H groups in total. The molecule has 3 rings (SSSR count). The van der Waals surface area contributed by atoms with Gasteiger partial charge in [-0.3, -0.25) is 4.79 Å². The van der Waals surface area contributed by atoms with E-state index in [9.17, 15) is 4.79 Å². The van der Waals surface area contributed by atoms with Crippen molar-refractivity contribution >= 4 is 16.8 Å². The number of rotatable bonds is 1. The second-order valence-corrected chi connectivity index (χ2v) is 5.88. The second kappa shape index (κ2) is 4.65. The Morgan fingerprint density at radius 3 is 2.70 bits per heavy atom. The molecule has 1 aliphatic rings. The van der Waals surface area contributed by atoms with Gasteiger partial charge in [0.1, 0.15) is 5.69 Å². The highest BCUT2D eigenvalue weighted by Crippen LogP contribution is 2.33. The van der Waals surface area contributed by atoms with Gasteiger partial charge in [-0.15, -0.1) is 0 Å². The summed E-state index contributed by atoms with van der Waals surface area (Å²) in [5, 5.41) is 1.28. The van der Waals surface area contributed by atoms with Crippen LogP contribution in [-0.4, -0.2) is 29.0 Å². The average Bonchev–Trinajstić information content (AvgIpc) is 2.63. The van der Waals surface area contributed by atoms with Gasteiger partial charge in [0.2, 0.25) is 0 Å². The summed E-state index contributed by atoms with van der Waals surface area (Å²) in [7, 11) is 1.91. The van der Waals surface area contributed by atoms with Crippen molar-refractivity contribution in [3.8, 4) is 0 Å². The fourth-order valence-corrected chi connectivity index (χ4v) is 3.54. The lowest BCUT2D eigenvalue weighted by molar-refractivity contribution is 0.0790. The van der Waals surface area contributed by atoms with Crippen molar-refractivity contribution in [2.75, 3.05) is 13.6 Å². The van der Waals surface area contributed by atoms with E-state index in [-0.39, 0.29) is 5.91 Å². The summed E-state index contributed by atoms with van der Waals surface area (Å²) in [6.45, 7) is 8.10. The van der Waals surface area contributed by atoms with Crippen molar-refractivity contribution in [2.45, 2.75) is 40.2 Å². The zero-order chi connectivity index (χ0) is 14.4. The van der Waals surface area contributed by atoms with Crippen LogP contribution in [0.4, 0.5) is 0 Å². The maximum atomic E-state index is 12.7. The van der Waals surface area contributed by atoms with Gasteiger partial charge in [-0.25, -0.2) is 0 Å². The third kappa shape index (κ3) is 1.76. The van der Waals surface area contributed by atoms with Gasteiger partial charge in [-0.05, 0) is 50.8 Å². The average molecular weight is 270 g/mol. The van der Waals surface area contributed by atoms with Crippen LogP contribution < -0.4 is 0 Å². The Kier molecular flexibility index (Phi) is 3.08. The van der Waals surface area contributed by atoms with Gasteiger partial charge < -0.3 is 9.47 Å². The first-order chi connectivity index (χ1) is 9.54. The summed E-state index contributed by atoms with van der Waals surface area (Å²) in [6, 6.07) is 4.45. The lowest BCUT2D eigenvalue weighted by atomic mass is 10.0. The molecule has 1 aromatic heterocycles. The summed E-state index contributed by atoms with van der Waals surface area (Å²) >= 11 is 0. The zero-order valence-corrected chi connectivity index (χ0v) is 12.8. The molecule has 0 unspecified atom stereocenters. The van der Waals surface area contributed by atoms with E-state index < -0.39 is 0 Å². The molecular weight excluding hydrogens is 248 g/mol. The lowest BCUT2D eigenvalue weighted by Gasteiger charge is -2.16. The number of hydrogen-bond donors (Lipinski definition) is 0. The Morgan fingerprint density at radius 1 is 1.25 bits per heavy atom. The monoisotopic (exact) mass is 270 g/mol. The third-order valence-electron chi connectivity index (χ3n) is 4.38. The Hall–Kier alpha value is -1.77. The Labute approximate surface area is 120 Å². The number of amides is 1. The van der Waals surface area contributed by atoms with Crippen LogP contribution in [0.25, 0.3) is 10.9 Å². The van der Waals surface area contributed by atoms with E-state index in [1.54, 1.807) is 0 Å². The largest absolute Gasteiger partial charge is 0.340 e. The molecule has 0 saturated heterocycles. The van der Waals surface area contributed by atoms with E-state index in [1.807, 2.05) is 11.9 Å². The number of carbonyl (C=O) groups is 1. The van der Waals surface area contributed by atoms with Crippen LogP contribution in [0.5, 0.6) is 0 Å². The fourth-order valence-electron chi connectivity index (χ4n) is 3.54. The van der Waals surface area contributed by atoms with Crippen molar-refractivity contribution in [2.24, 2.45) is 0 Å². The minimum atomic E-state index is 0.174. The molecule has 0 aliphatic carbocycles. The number of hydrogen-bond acceptors (Lipinski definition) is 1. The smallest absolute Gasteiger partial charge is 0.270 e. The molecule has 0 saturated carbocycles. The number of aromatic nitrogens is 1. The lowest BCUT2D eigenvalue weighted by Crippen LogP contribution is -2.28. The highest BCUT2D eigenvalue weighted by atomic mass is 16.2. The molecular formula is C17H22N2O. The molecule has 20 heavy (non-hydrogen) atoms. The third-order valence-corrected chi connectivity index (χ3v) is 4.38. The van der Waals surface area contributed by atoms with Gasteiger partial charge >= 0.3 is 0 Å². The van der Waals surface area contributed by atoms with E-state index >= 15 is 0 Å². The minimum absolute atomic E-state index is 0.174. The first-order valence-electron chi connectivity index (χ1n) is 7.42. The van der Waals surface area contributed by atoms with Crippen molar-refractivity contribution in [3.63, 3.8) is 0 Å². The van der Waals surface area contributed by atoms with Crippen molar-refractivity contribution in [1.29, 1.82) is 0 Å². The van der Waals surface area contributed by atoms with Crippen LogP contribution in [0.2, 0.25) is 0 Å². The molecule has 3 heteroatoms. The predicted molar refractivity (Wildman–Crippen MR) is 82.4 cm³/mol. The molecule has 0 bridgehead atoms. The topological polar surface area (TPSA) is 25.2 Å². The van der Waals surface area contributed by atoms with Crippen molar-refractivity contribution in [3.05, 3.63) is 34.5 Å². The second-order valence-electron chi connectivity index (χ2n) is 5.88. The van der Waals surface area contributed by atoms with E-state index in [0.717, 1.165) is 31.6 Å². The van der Waals surface area contributed by atoms with Gasteiger partial charge in [-0.2, -0.15) is 0 Å². The van der Waals surface area contributed by atoms with Crippen molar-refractivity contribution < 1.29 is 4.79 Å². The van der Waals surface area contributed by atoms with Gasteiger partial charge in [0.15, 0.2) is 0 Å². The van der Waals surface area contributed by atoms with E-state index in [0.29, 0.717) is 0 Å². The highest BCUT2D eigenvalue weighted by molar-refractivity contribution is 6.03. The number of benzene rings is 1. The molecule has 0 radical (unpaired) electrons. The van der Waals surface area contributed by atoms with Crippen LogP contribution in [0.15, 0.2) is 12.1 Å². The fraction of sp³-hybridized carbons (Fsp3) is 0.471. The van der Waals surface area contributed by atoms with Crippen molar-refractivity contribution in [1.82, 2.24) is 9.47 Å². The standard InChI is InChI=1S/C17H22N2O/c1-5-19-15-12(3)9-11(2)10-14(15)13-7-6-8-18(4)17(20)16(13)19/h9-10H,5-8H2,1-4H3. The molecule has 0 spiro atoms. The maximum absolute atomic E-state index is 12.7. The van der Waals surface area contributed by atoms with Gasteiger partial charge in [0, 0.05) is 25.5 Å². The summed E-state index contributed by atoms with van der Waals surface area (Å²) in [6.07, 6.45) is 2.04. The molecule has 1 aromatic carbocycles. The summed E-state index contributed by atoms with van der Waals surface area (Å²) in [5.74, 6) is 0.174. The van der Waals surface area contributed by atoms with E-state index in [1.165, 1.54) is 27.6 Å². The normalized spacial score (nSPS) is 15.6. The summed E-state index contributed by atoms with van der Waals surface area (Å²) in [5.41, 5.74) is 5.95. The molecule has 1 aliphatic heterocycles. The SMILES string of the molecule is CCn1c2c(c3cc(C)cc(C)c31)CCCN(C)C2=O. The molecule has 2 aromatic rings. The zero-order valence-electron chi connectivity index (χ0n) is 12.8. The quantitative estimate of drug-likeness (QED) is 0.780. The first kappa shape index (κ1) is 13.2. The Bertz CT molecular complexity index is 697. The van der Waals surface area contributed by atoms with Gasteiger partial charge in [0.25, 0.3) is 5.91 Å². The van der Waals surface area contributed by atoms with E-state index in [2.05, 4.69) is 37.5 Å². The molecule has 3 nitrogen and oxygen atoms in total. The first-order valence-corrected chi connectivity index (χ1v) is 7.42. The van der Waals surface area contributed by atoms with Crippen LogP contribution in [0, 0.1) is 13.8 Å². The van der Waals surface area contributed by atoms with Crippen LogP contribution in [0.1, 0.15) is 40.5 Å². The predicted octanol–water partition coefficient (Wildman–Crippen LogP) is 3.30. The van der Waals surface area contributed by atoms with Gasteiger partial charge in [-0.1, -0.05) is 11.6 Å². The Morgan fingerprint density at radius 2 is 2.00 bits per heavy atom. The minimum Gasteiger partial charge on any atom is -0.340 e. The number of nitrogens with zero attached hydrogens (tertiary/aromatic N) is 2. The van der Waals surface area contributed by atoms with E-state index in [4.69, 9.17) is 0 Å². The number of carbonyl (C=O) groups excluding carboxylic acids is 1. The van der Waals surface area contributed by atoms with Gasteiger partial charge in [0.05, 0.1) is 5.52 Å². The molecule has 2 heterocycles. The highest BCUT2D eigenvalue weighted by Gasteiger charge is 2.27. The number of aryl methyl sites for hydroxylation is 4. The molecule has 0 fully saturated rings. The number of fused-ring (bicyclic) bond motifs is 3. The van der Waals surface area contributed by atoms with Crippen LogP contribution in [-0.2, 0) is 13.0 Å². The molecule has 106 valence electrons. The Balaban J connectivity index is 2.42.